The molecule has 4 nitrogen and oxygen atoms in total. The van der Waals surface area contributed by atoms with E-state index in [1.165, 1.54) is 26.0 Å². The molecule has 6 heteroatoms. The smallest absolute Gasteiger partial charge is 0.318 e. The molecule has 17 heavy (non-hydrogen) atoms. The van der Waals surface area contributed by atoms with E-state index < -0.39 is 17.3 Å². The van der Waals surface area contributed by atoms with Crippen molar-refractivity contribution in [2.75, 3.05) is 5.32 Å². The van der Waals surface area contributed by atoms with Crippen molar-refractivity contribution in [2.45, 2.75) is 13.8 Å². The second-order valence-electron chi connectivity index (χ2n) is 4.01. The van der Waals surface area contributed by atoms with E-state index in [0.29, 0.717) is 10.7 Å². The number of carboxylic acids is 1. The minimum atomic E-state index is -1.52. The van der Waals surface area contributed by atoms with Gasteiger partial charge >= 0.3 is 5.97 Å². The Hall–Kier alpha value is -1.26. The number of anilines is 1. The molecule has 0 fully saturated rings. The van der Waals surface area contributed by atoms with Crippen LogP contribution in [0.25, 0.3) is 0 Å². The number of rotatable bonds is 3. The molecule has 0 radical (unpaired) electrons. The number of halogens is 2. The first-order valence-electron chi connectivity index (χ1n) is 4.75. The predicted molar refractivity (Wildman–Crippen MR) is 66.5 cm³/mol. The van der Waals surface area contributed by atoms with Crippen LogP contribution in [0.1, 0.15) is 13.8 Å². The van der Waals surface area contributed by atoms with Gasteiger partial charge in [0.05, 0.1) is 10.7 Å². The summed E-state index contributed by atoms with van der Waals surface area (Å²) in [5.74, 6) is -1.85. The molecule has 0 spiro atoms. The number of benzene rings is 1. The van der Waals surface area contributed by atoms with Gasteiger partial charge in [0.25, 0.3) is 0 Å². The molecule has 1 aromatic rings. The Labute approximate surface area is 109 Å². The van der Waals surface area contributed by atoms with E-state index >= 15 is 0 Å². The van der Waals surface area contributed by atoms with Gasteiger partial charge < -0.3 is 10.4 Å². The molecular weight excluding hydrogens is 265 g/mol. The van der Waals surface area contributed by atoms with Gasteiger partial charge in [0.15, 0.2) is 0 Å². The number of hydrogen-bond donors (Lipinski definition) is 2. The van der Waals surface area contributed by atoms with Crippen LogP contribution in [0.5, 0.6) is 0 Å². The first kappa shape index (κ1) is 13.8. The molecule has 0 atom stereocenters. The summed E-state index contributed by atoms with van der Waals surface area (Å²) in [5.41, 5.74) is -1.20. The van der Waals surface area contributed by atoms with Crippen molar-refractivity contribution < 1.29 is 14.7 Å². The summed E-state index contributed by atoms with van der Waals surface area (Å²) in [5, 5.41) is 12.0. The molecule has 0 aliphatic carbocycles. The van der Waals surface area contributed by atoms with Crippen LogP contribution in [-0.4, -0.2) is 17.0 Å². The van der Waals surface area contributed by atoms with E-state index in [4.69, 9.17) is 28.3 Å². The fraction of sp³-hybridized carbons (Fsp3) is 0.273. The van der Waals surface area contributed by atoms with Crippen molar-refractivity contribution in [1.29, 1.82) is 0 Å². The first-order valence-corrected chi connectivity index (χ1v) is 5.50. The Balaban J connectivity index is 2.92. The monoisotopic (exact) mass is 275 g/mol. The van der Waals surface area contributed by atoms with Crippen LogP contribution < -0.4 is 5.32 Å². The molecule has 1 aromatic carbocycles. The summed E-state index contributed by atoms with van der Waals surface area (Å²) in [7, 11) is 0. The SMILES string of the molecule is CC(C)(C(=O)O)C(=O)Nc1ccc(Cl)cc1Cl. The molecule has 0 aliphatic heterocycles. The van der Waals surface area contributed by atoms with Gasteiger partial charge in [-0.05, 0) is 32.0 Å². The summed E-state index contributed by atoms with van der Waals surface area (Å²) in [6, 6.07) is 4.53. The first-order chi connectivity index (χ1) is 7.75. The molecule has 0 aliphatic rings. The molecule has 92 valence electrons. The quantitative estimate of drug-likeness (QED) is 0.834. The van der Waals surface area contributed by atoms with E-state index in [9.17, 15) is 9.59 Å². The van der Waals surface area contributed by atoms with Crippen molar-refractivity contribution in [2.24, 2.45) is 5.41 Å². The maximum atomic E-state index is 11.7. The Morgan fingerprint density at radius 2 is 1.88 bits per heavy atom. The molecule has 0 saturated heterocycles. The largest absolute Gasteiger partial charge is 0.480 e. The van der Waals surface area contributed by atoms with E-state index in [1.54, 1.807) is 6.07 Å². The van der Waals surface area contributed by atoms with Crippen LogP contribution in [0.3, 0.4) is 0 Å². The number of aliphatic carboxylic acids is 1. The fourth-order valence-corrected chi connectivity index (χ4v) is 1.42. The number of carbonyl (C=O) groups is 2. The second-order valence-corrected chi connectivity index (χ2v) is 4.85. The maximum Gasteiger partial charge on any atom is 0.318 e. The van der Waals surface area contributed by atoms with Gasteiger partial charge in [0.2, 0.25) is 5.91 Å². The number of carbonyl (C=O) groups excluding carboxylic acids is 1. The van der Waals surface area contributed by atoms with Gasteiger partial charge in [-0.1, -0.05) is 23.2 Å². The van der Waals surface area contributed by atoms with Crippen molar-refractivity contribution in [3.63, 3.8) is 0 Å². The highest BCUT2D eigenvalue weighted by atomic mass is 35.5. The molecule has 0 heterocycles. The Morgan fingerprint density at radius 1 is 1.29 bits per heavy atom. The van der Waals surface area contributed by atoms with Crippen LogP contribution in [0.2, 0.25) is 10.0 Å². The lowest BCUT2D eigenvalue weighted by Gasteiger charge is -2.18. The third kappa shape index (κ3) is 3.11. The molecule has 0 bridgehead atoms. The number of carboxylic acid groups (broad SMARTS) is 1. The van der Waals surface area contributed by atoms with Crippen LogP contribution in [0.15, 0.2) is 18.2 Å². The zero-order valence-corrected chi connectivity index (χ0v) is 10.8. The van der Waals surface area contributed by atoms with Gasteiger partial charge in [0, 0.05) is 5.02 Å². The summed E-state index contributed by atoms with van der Waals surface area (Å²) < 4.78 is 0. The van der Waals surface area contributed by atoms with Gasteiger partial charge in [-0.2, -0.15) is 0 Å². The van der Waals surface area contributed by atoms with Gasteiger partial charge in [-0.3, -0.25) is 9.59 Å². The minimum Gasteiger partial charge on any atom is -0.480 e. The van der Waals surface area contributed by atoms with Crippen LogP contribution in [0.4, 0.5) is 5.69 Å². The zero-order valence-electron chi connectivity index (χ0n) is 9.25. The lowest BCUT2D eigenvalue weighted by atomic mass is 9.92. The highest BCUT2D eigenvalue weighted by molar-refractivity contribution is 6.36. The summed E-state index contributed by atoms with van der Waals surface area (Å²) >= 11 is 11.6. The Morgan fingerprint density at radius 3 is 2.35 bits per heavy atom. The van der Waals surface area contributed by atoms with Crippen molar-refractivity contribution in [3.8, 4) is 0 Å². The lowest BCUT2D eigenvalue weighted by molar-refractivity contribution is -0.151. The number of amides is 1. The van der Waals surface area contributed by atoms with E-state index in [2.05, 4.69) is 5.32 Å². The van der Waals surface area contributed by atoms with Crippen LogP contribution >= 0.6 is 23.2 Å². The van der Waals surface area contributed by atoms with Crippen LogP contribution in [-0.2, 0) is 9.59 Å². The van der Waals surface area contributed by atoms with E-state index in [1.807, 2.05) is 0 Å². The summed E-state index contributed by atoms with van der Waals surface area (Å²) in [6.45, 7) is 2.63. The van der Waals surface area contributed by atoms with Gasteiger partial charge in [-0.25, -0.2) is 0 Å². The zero-order chi connectivity index (χ0) is 13.2. The van der Waals surface area contributed by atoms with Crippen LogP contribution in [0, 0.1) is 5.41 Å². The Bertz CT molecular complexity index is 472. The van der Waals surface area contributed by atoms with Gasteiger partial charge in [0.1, 0.15) is 5.41 Å². The highest BCUT2D eigenvalue weighted by Gasteiger charge is 2.36. The standard InChI is InChI=1S/C11H11Cl2NO3/c1-11(2,10(16)17)9(15)14-8-4-3-6(12)5-7(8)13/h3-5H,1-2H3,(H,14,15)(H,16,17). The highest BCUT2D eigenvalue weighted by Crippen LogP contribution is 2.27. The predicted octanol–water partition coefficient (Wildman–Crippen LogP) is 3.04. The molecule has 0 saturated carbocycles. The molecule has 1 amide bonds. The van der Waals surface area contributed by atoms with E-state index in [-0.39, 0.29) is 5.02 Å². The Kier molecular flexibility index (Phi) is 4.01. The molecule has 0 unspecified atom stereocenters. The molecule has 2 N–H and O–H groups in total. The summed E-state index contributed by atoms with van der Waals surface area (Å²) in [6.07, 6.45) is 0. The van der Waals surface area contributed by atoms with Crippen molar-refractivity contribution >= 4 is 40.8 Å². The van der Waals surface area contributed by atoms with Crippen molar-refractivity contribution in [1.82, 2.24) is 0 Å². The number of hydrogen-bond acceptors (Lipinski definition) is 2. The van der Waals surface area contributed by atoms with Crippen molar-refractivity contribution in [3.05, 3.63) is 28.2 Å². The lowest BCUT2D eigenvalue weighted by Crippen LogP contribution is -2.37. The second kappa shape index (κ2) is 4.94. The minimum absolute atomic E-state index is 0.257. The number of nitrogens with one attached hydrogen (secondary N) is 1. The third-order valence-electron chi connectivity index (χ3n) is 2.28. The third-order valence-corrected chi connectivity index (χ3v) is 2.83. The molecule has 0 aromatic heterocycles. The molecular formula is C11H11Cl2NO3. The molecule has 1 rings (SSSR count). The van der Waals surface area contributed by atoms with Gasteiger partial charge in [-0.15, -0.1) is 0 Å². The topological polar surface area (TPSA) is 66.4 Å². The maximum absolute atomic E-state index is 11.7. The summed E-state index contributed by atoms with van der Waals surface area (Å²) in [4.78, 5) is 22.6. The normalized spacial score (nSPS) is 11.1. The van der Waals surface area contributed by atoms with E-state index in [0.717, 1.165) is 0 Å². The fourth-order valence-electron chi connectivity index (χ4n) is 0.967. The average molecular weight is 276 g/mol. The average Bonchev–Trinajstić information content (AvgIpc) is 2.21.